The molecule has 0 saturated carbocycles. The molecule has 0 saturated heterocycles. The second kappa shape index (κ2) is 8.93. The van der Waals surface area contributed by atoms with E-state index in [4.69, 9.17) is 0 Å². The molecule has 0 bridgehead atoms. The smallest absolute Gasteiger partial charge is 0.372 e. The zero-order chi connectivity index (χ0) is 27.5. The summed E-state index contributed by atoms with van der Waals surface area (Å²) < 4.78 is 80.4. The van der Waals surface area contributed by atoms with Crippen molar-refractivity contribution >= 4 is 11.5 Å². The number of benzene rings is 1. The Labute approximate surface area is 212 Å². The Morgan fingerprint density at radius 1 is 1.05 bits per heavy atom. The standard InChI is InChI=1S/C25H22F6N6O/c1-3-15-18-20(36-22(38)23(18,2)13-4-6-14(26)7-5-13)35-19(34-15)17-12-37-11-10-32-21(37)16(33-17)8-9-24(27,28)25(29,30)31/h4-7,10-12,22,38H,3,8-9H2,1-2H3,(H,34,35,36). The monoisotopic (exact) mass is 536 g/mol. The van der Waals surface area contributed by atoms with Gasteiger partial charge in [0.05, 0.1) is 16.8 Å². The molecule has 38 heavy (non-hydrogen) atoms. The van der Waals surface area contributed by atoms with Crippen LogP contribution in [0, 0.1) is 5.82 Å². The maximum atomic E-state index is 13.6. The highest BCUT2D eigenvalue weighted by molar-refractivity contribution is 5.66. The minimum atomic E-state index is -5.68. The first kappa shape index (κ1) is 25.9. The molecule has 4 heterocycles. The lowest BCUT2D eigenvalue weighted by atomic mass is 9.76. The fourth-order valence-corrected chi connectivity index (χ4v) is 4.73. The zero-order valence-corrected chi connectivity index (χ0v) is 20.2. The summed E-state index contributed by atoms with van der Waals surface area (Å²) in [5.41, 5.74) is 0.988. The van der Waals surface area contributed by atoms with E-state index in [2.05, 4.69) is 25.3 Å². The number of aliphatic hydroxyl groups excluding tert-OH is 1. The molecule has 200 valence electrons. The van der Waals surface area contributed by atoms with Gasteiger partial charge in [0.25, 0.3) is 0 Å². The lowest BCUT2D eigenvalue weighted by Crippen LogP contribution is -2.37. The van der Waals surface area contributed by atoms with Gasteiger partial charge in [0.2, 0.25) is 0 Å². The van der Waals surface area contributed by atoms with Gasteiger partial charge in [0.15, 0.2) is 11.5 Å². The first-order valence-electron chi connectivity index (χ1n) is 11.7. The molecule has 2 unspecified atom stereocenters. The molecule has 0 fully saturated rings. The van der Waals surface area contributed by atoms with Crippen molar-refractivity contribution in [3.63, 3.8) is 0 Å². The van der Waals surface area contributed by atoms with Gasteiger partial charge in [-0.25, -0.2) is 24.3 Å². The highest BCUT2D eigenvalue weighted by Crippen LogP contribution is 2.46. The second-order valence-corrected chi connectivity index (χ2v) is 9.26. The van der Waals surface area contributed by atoms with Gasteiger partial charge in [0.1, 0.15) is 23.6 Å². The SMILES string of the molecule is CCc1nc(-c2cn3ccnc3c(CCC(F)(F)C(F)(F)F)n2)nc2c1C(C)(c1ccc(F)cc1)C(O)N2. The number of nitrogens with zero attached hydrogens (tertiary/aromatic N) is 5. The molecular formula is C25H22F6N6O. The third-order valence-electron chi connectivity index (χ3n) is 6.87. The lowest BCUT2D eigenvalue weighted by molar-refractivity contribution is -0.284. The van der Waals surface area contributed by atoms with Crippen LogP contribution in [0.3, 0.4) is 0 Å². The number of anilines is 1. The number of nitrogens with one attached hydrogen (secondary N) is 1. The van der Waals surface area contributed by atoms with Crippen LogP contribution in [0.15, 0.2) is 42.9 Å². The number of rotatable bonds is 6. The van der Waals surface area contributed by atoms with Crippen LogP contribution in [-0.4, -0.2) is 47.8 Å². The summed E-state index contributed by atoms with van der Waals surface area (Å²) in [6, 6.07) is 5.72. The van der Waals surface area contributed by atoms with Crippen molar-refractivity contribution < 1.29 is 31.4 Å². The summed E-state index contributed by atoms with van der Waals surface area (Å²) in [4.78, 5) is 17.5. The molecule has 0 aliphatic carbocycles. The van der Waals surface area contributed by atoms with Gasteiger partial charge in [-0.15, -0.1) is 0 Å². The predicted molar refractivity (Wildman–Crippen MR) is 125 cm³/mol. The maximum absolute atomic E-state index is 13.6. The van der Waals surface area contributed by atoms with Crippen LogP contribution in [-0.2, 0) is 18.3 Å². The van der Waals surface area contributed by atoms with E-state index in [1.54, 1.807) is 19.1 Å². The van der Waals surface area contributed by atoms with E-state index >= 15 is 0 Å². The number of imidazole rings is 1. The highest BCUT2D eigenvalue weighted by Gasteiger charge is 2.56. The maximum Gasteiger partial charge on any atom is 0.453 e. The van der Waals surface area contributed by atoms with Crippen LogP contribution >= 0.6 is 0 Å². The molecule has 13 heteroatoms. The minimum Gasteiger partial charge on any atom is -0.372 e. The average Bonchev–Trinajstić information content (AvgIpc) is 3.44. The van der Waals surface area contributed by atoms with E-state index < -0.39 is 42.4 Å². The van der Waals surface area contributed by atoms with Crippen molar-refractivity contribution in [3.8, 4) is 11.5 Å². The molecule has 2 N–H and O–H groups in total. The molecule has 1 aliphatic heterocycles. The van der Waals surface area contributed by atoms with Crippen molar-refractivity contribution in [2.24, 2.45) is 0 Å². The summed E-state index contributed by atoms with van der Waals surface area (Å²) in [7, 11) is 0. The predicted octanol–water partition coefficient (Wildman–Crippen LogP) is 5.07. The zero-order valence-electron chi connectivity index (χ0n) is 20.2. The summed E-state index contributed by atoms with van der Waals surface area (Å²) in [5, 5.41) is 13.9. The molecule has 5 rings (SSSR count). The average molecular weight is 536 g/mol. The first-order chi connectivity index (χ1) is 17.8. The van der Waals surface area contributed by atoms with E-state index in [0.717, 1.165) is 0 Å². The molecule has 0 radical (unpaired) electrons. The number of aliphatic hydroxyl groups is 1. The lowest BCUT2D eigenvalue weighted by Gasteiger charge is -2.29. The Morgan fingerprint density at radius 3 is 2.42 bits per heavy atom. The van der Waals surface area contributed by atoms with Crippen molar-refractivity contribution in [3.05, 3.63) is 71.2 Å². The van der Waals surface area contributed by atoms with E-state index in [0.29, 0.717) is 29.1 Å². The Kier molecular flexibility index (Phi) is 6.08. The first-order valence-corrected chi connectivity index (χ1v) is 11.7. The molecule has 4 aromatic rings. The minimum absolute atomic E-state index is 0.0669. The van der Waals surface area contributed by atoms with Crippen molar-refractivity contribution in [1.29, 1.82) is 0 Å². The quantitative estimate of drug-likeness (QED) is 0.335. The van der Waals surface area contributed by atoms with Crippen LogP contribution in [0.25, 0.3) is 17.2 Å². The normalized spacial score (nSPS) is 19.6. The Hall–Kier alpha value is -3.74. The molecule has 1 aromatic carbocycles. The molecule has 2 atom stereocenters. The Morgan fingerprint density at radius 2 is 1.76 bits per heavy atom. The van der Waals surface area contributed by atoms with Gasteiger partial charge in [-0.05, 0) is 37.5 Å². The number of aromatic nitrogens is 5. The van der Waals surface area contributed by atoms with Gasteiger partial charge in [-0.2, -0.15) is 22.0 Å². The van der Waals surface area contributed by atoms with Crippen LogP contribution in [0.4, 0.5) is 32.2 Å². The largest absolute Gasteiger partial charge is 0.453 e. The molecular weight excluding hydrogens is 514 g/mol. The molecule has 7 nitrogen and oxygen atoms in total. The third kappa shape index (κ3) is 4.14. The van der Waals surface area contributed by atoms with Crippen molar-refractivity contribution in [2.75, 3.05) is 5.32 Å². The summed E-state index contributed by atoms with van der Waals surface area (Å²) in [6.45, 7) is 3.62. The summed E-state index contributed by atoms with van der Waals surface area (Å²) in [5.74, 6) is -4.92. The van der Waals surface area contributed by atoms with E-state index in [9.17, 15) is 31.4 Å². The summed E-state index contributed by atoms with van der Waals surface area (Å²) in [6.07, 6.45) is -4.19. The van der Waals surface area contributed by atoms with Crippen LogP contribution in [0.5, 0.6) is 0 Å². The molecule has 1 aliphatic rings. The van der Waals surface area contributed by atoms with E-state index in [-0.39, 0.29) is 22.9 Å². The molecule has 0 amide bonds. The number of hydrogen-bond acceptors (Lipinski definition) is 6. The number of alkyl halides is 5. The van der Waals surface area contributed by atoms with Crippen LogP contribution in [0.2, 0.25) is 0 Å². The van der Waals surface area contributed by atoms with Crippen LogP contribution < -0.4 is 5.32 Å². The van der Waals surface area contributed by atoms with Crippen LogP contribution in [0.1, 0.15) is 42.8 Å². The number of fused-ring (bicyclic) bond motifs is 2. The van der Waals surface area contributed by atoms with Crippen molar-refractivity contribution in [2.45, 2.75) is 56.9 Å². The number of halogens is 6. The molecule has 0 spiro atoms. The van der Waals surface area contributed by atoms with E-state index in [1.807, 2.05) is 6.92 Å². The van der Waals surface area contributed by atoms with Gasteiger partial charge < -0.3 is 14.8 Å². The molecule has 3 aromatic heterocycles. The fourth-order valence-electron chi connectivity index (χ4n) is 4.73. The number of aryl methyl sites for hydroxylation is 2. The Bertz CT molecular complexity index is 1500. The van der Waals surface area contributed by atoms with E-state index in [1.165, 1.54) is 35.1 Å². The van der Waals surface area contributed by atoms with Gasteiger partial charge >= 0.3 is 12.1 Å². The summed E-state index contributed by atoms with van der Waals surface area (Å²) >= 11 is 0. The van der Waals surface area contributed by atoms with Crippen molar-refractivity contribution in [1.82, 2.24) is 24.3 Å². The van der Waals surface area contributed by atoms with Gasteiger partial charge in [-0.3, -0.25) is 0 Å². The second-order valence-electron chi connectivity index (χ2n) is 9.26. The topological polar surface area (TPSA) is 88.2 Å². The highest BCUT2D eigenvalue weighted by atomic mass is 19.4. The fraction of sp³-hybridized carbons (Fsp3) is 0.360. The van der Waals surface area contributed by atoms with Gasteiger partial charge in [-0.1, -0.05) is 19.1 Å². The third-order valence-corrected chi connectivity index (χ3v) is 6.87. The Balaban J connectivity index is 1.59. The van der Waals surface area contributed by atoms with Gasteiger partial charge in [0, 0.05) is 30.6 Å². The number of hydrogen-bond donors (Lipinski definition) is 2.